The average Bonchev–Trinajstić information content (AvgIpc) is 2.80. The van der Waals surface area contributed by atoms with Gasteiger partial charge in [0.2, 0.25) is 0 Å². The number of rotatable bonds is 3. The number of carbonyl (C=O) groups excluding carboxylic acids is 1. The molecule has 1 fully saturated rings. The second kappa shape index (κ2) is 5.17. The first-order chi connectivity index (χ1) is 8.99. The van der Waals surface area contributed by atoms with Crippen LogP contribution in [0.15, 0.2) is 18.2 Å². The maximum Gasteiger partial charge on any atom is 0.308 e. The predicted molar refractivity (Wildman–Crippen MR) is 66.0 cm³/mol. The van der Waals surface area contributed by atoms with Gasteiger partial charge in [-0.3, -0.25) is 9.59 Å². The summed E-state index contributed by atoms with van der Waals surface area (Å²) in [5.74, 6) is -2.60. The summed E-state index contributed by atoms with van der Waals surface area (Å²) in [5.41, 5.74) is 0.186. The van der Waals surface area contributed by atoms with Crippen molar-refractivity contribution in [1.29, 1.82) is 0 Å². The zero-order valence-corrected chi connectivity index (χ0v) is 10.2. The van der Waals surface area contributed by atoms with Crippen molar-refractivity contribution in [3.8, 4) is 11.5 Å². The fourth-order valence-corrected chi connectivity index (χ4v) is 2.34. The fourth-order valence-electron chi connectivity index (χ4n) is 2.34. The smallest absolute Gasteiger partial charge is 0.308 e. The van der Waals surface area contributed by atoms with Gasteiger partial charge in [-0.25, -0.2) is 0 Å². The van der Waals surface area contributed by atoms with E-state index in [9.17, 15) is 14.7 Å². The maximum absolute atomic E-state index is 11.9. The van der Waals surface area contributed by atoms with Crippen LogP contribution in [-0.2, 0) is 4.79 Å². The number of carbonyl (C=O) groups is 2. The molecule has 0 heterocycles. The number of carboxylic acids is 1. The SMILES string of the molecule is O=C(NC1CCCC1C(=O)O)c1ccc(O)c(O)c1. The second-order valence-electron chi connectivity index (χ2n) is 4.66. The van der Waals surface area contributed by atoms with Gasteiger partial charge >= 0.3 is 5.97 Å². The van der Waals surface area contributed by atoms with Crippen molar-refractivity contribution in [2.24, 2.45) is 5.92 Å². The Kier molecular flexibility index (Phi) is 3.59. The molecule has 1 aromatic carbocycles. The van der Waals surface area contributed by atoms with E-state index >= 15 is 0 Å². The number of nitrogens with one attached hydrogen (secondary N) is 1. The highest BCUT2D eigenvalue weighted by Gasteiger charge is 2.34. The van der Waals surface area contributed by atoms with E-state index in [0.29, 0.717) is 12.8 Å². The number of aliphatic carboxylic acids is 1. The number of phenolic OH excluding ortho intramolecular Hbond substituents is 2. The third-order valence-corrected chi connectivity index (χ3v) is 3.39. The summed E-state index contributed by atoms with van der Waals surface area (Å²) >= 11 is 0. The fraction of sp³-hybridized carbons (Fsp3) is 0.385. The largest absolute Gasteiger partial charge is 0.504 e. The molecule has 2 atom stereocenters. The minimum Gasteiger partial charge on any atom is -0.504 e. The lowest BCUT2D eigenvalue weighted by Gasteiger charge is -2.17. The molecular formula is C13H15NO5. The molecule has 1 aliphatic carbocycles. The molecule has 4 N–H and O–H groups in total. The Balaban J connectivity index is 2.08. The highest BCUT2D eigenvalue weighted by atomic mass is 16.4. The summed E-state index contributed by atoms with van der Waals surface area (Å²) in [4.78, 5) is 22.9. The second-order valence-corrected chi connectivity index (χ2v) is 4.66. The minimum atomic E-state index is -0.906. The molecule has 0 bridgehead atoms. The Morgan fingerprint density at radius 2 is 1.89 bits per heavy atom. The van der Waals surface area contributed by atoms with Crippen molar-refractivity contribution in [3.63, 3.8) is 0 Å². The van der Waals surface area contributed by atoms with E-state index in [4.69, 9.17) is 10.2 Å². The number of aromatic hydroxyl groups is 2. The van der Waals surface area contributed by atoms with E-state index in [2.05, 4.69) is 5.32 Å². The standard InChI is InChI=1S/C13H15NO5/c15-10-5-4-7(6-11(10)16)12(17)14-9-3-1-2-8(9)13(18)19/h4-6,8-9,15-16H,1-3H2,(H,14,17)(H,18,19). The molecule has 6 nitrogen and oxygen atoms in total. The zero-order chi connectivity index (χ0) is 14.0. The van der Waals surface area contributed by atoms with Crippen molar-refractivity contribution in [2.45, 2.75) is 25.3 Å². The average molecular weight is 265 g/mol. The van der Waals surface area contributed by atoms with Gasteiger partial charge in [-0.2, -0.15) is 0 Å². The first-order valence-corrected chi connectivity index (χ1v) is 6.04. The van der Waals surface area contributed by atoms with Gasteiger partial charge in [-0.15, -0.1) is 0 Å². The van der Waals surface area contributed by atoms with Crippen LogP contribution < -0.4 is 5.32 Å². The van der Waals surface area contributed by atoms with E-state index in [1.165, 1.54) is 12.1 Å². The van der Waals surface area contributed by atoms with Crippen molar-refractivity contribution < 1.29 is 24.9 Å². The number of amides is 1. The highest BCUT2D eigenvalue weighted by molar-refractivity contribution is 5.95. The molecular weight excluding hydrogens is 250 g/mol. The van der Waals surface area contributed by atoms with Crippen LogP contribution in [0.25, 0.3) is 0 Å². The van der Waals surface area contributed by atoms with Crippen molar-refractivity contribution in [1.82, 2.24) is 5.32 Å². The first kappa shape index (κ1) is 13.2. The van der Waals surface area contributed by atoms with Crippen LogP contribution in [-0.4, -0.2) is 33.2 Å². The number of phenols is 2. The topological polar surface area (TPSA) is 107 Å². The number of hydrogen-bond acceptors (Lipinski definition) is 4. The van der Waals surface area contributed by atoms with Crippen LogP contribution in [0, 0.1) is 5.92 Å². The van der Waals surface area contributed by atoms with Crippen LogP contribution in [0.3, 0.4) is 0 Å². The van der Waals surface area contributed by atoms with Crippen molar-refractivity contribution in [2.75, 3.05) is 0 Å². The van der Waals surface area contributed by atoms with Gasteiger partial charge in [0.15, 0.2) is 11.5 Å². The summed E-state index contributed by atoms with van der Waals surface area (Å²) in [6.07, 6.45) is 1.95. The molecule has 102 valence electrons. The van der Waals surface area contributed by atoms with E-state index in [0.717, 1.165) is 12.5 Å². The lowest BCUT2D eigenvalue weighted by molar-refractivity contribution is -0.142. The number of benzene rings is 1. The highest BCUT2D eigenvalue weighted by Crippen LogP contribution is 2.27. The molecule has 1 saturated carbocycles. The molecule has 2 rings (SSSR count). The third-order valence-electron chi connectivity index (χ3n) is 3.39. The Hall–Kier alpha value is -2.24. The van der Waals surface area contributed by atoms with Crippen LogP contribution in [0.1, 0.15) is 29.6 Å². The molecule has 2 unspecified atom stereocenters. The van der Waals surface area contributed by atoms with E-state index in [1.807, 2.05) is 0 Å². The van der Waals surface area contributed by atoms with Crippen LogP contribution in [0.2, 0.25) is 0 Å². The number of carboxylic acid groups (broad SMARTS) is 1. The Bertz CT molecular complexity index is 514. The summed E-state index contributed by atoms with van der Waals surface area (Å²) in [5, 5.41) is 30.2. The van der Waals surface area contributed by atoms with Crippen LogP contribution in [0.5, 0.6) is 11.5 Å². The molecule has 1 amide bonds. The van der Waals surface area contributed by atoms with Crippen molar-refractivity contribution >= 4 is 11.9 Å². The molecule has 0 saturated heterocycles. The van der Waals surface area contributed by atoms with Gasteiger partial charge in [0.25, 0.3) is 5.91 Å². The first-order valence-electron chi connectivity index (χ1n) is 6.04. The number of hydrogen-bond donors (Lipinski definition) is 4. The lowest BCUT2D eigenvalue weighted by Crippen LogP contribution is -2.40. The van der Waals surface area contributed by atoms with Gasteiger partial charge in [0.1, 0.15) is 0 Å². The summed E-state index contributed by atoms with van der Waals surface area (Å²) in [6, 6.07) is 3.35. The van der Waals surface area contributed by atoms with Gasteiger partial charge < -0.3 is 20.6 Å². The molecule has 0 radical (unpaired) electrons. The predicted octanol–water partition coefficient (Wildman–Crippen LogP) is 1.08. The Morgan fingerprint density at radius 1 is 1.16 bits per heavy atom. The zero-order valence-electron chi connectivity index (χ0n) is 10.2. The lowest BCUT2D eigenvalue weighted by atomic mass is 10.0. The molecule has 0 aromatic heterocycles. The molecule has 6 heteroatoms. The molecule has 0 aliphatic heterocycles. The summed E-state index contributed by atoms with van der Waals surface area (Å²) in [7, 11) is 0. The molecule has 1 aromatic rings. The van der Waals surface area contributed by atoms with E-state index in [-0.39, 0.29) is 23.1 Å². The van der Waals surface area contributed by atoms with Gasteiger partial charge in [0, 0.05) is 11.6 Å². The van der Waals surface area contributed by atoms with E-state index < -0.39 is 17.8 Å². The monoisotopic (exact) mass is 265 g/mol. The van der Waals surface area contributed by atoms with Gasteiger partial charge in [0.05, 0.1) is 5.92 Å². The molecule has 19 heavy (non-hydrogen) atoms. The Labute approximate surface area is 109 Å². The third kappa shape index (κ3) is 2.78. The quantitative estimate of drug-likeness (QED) is 0.612. The van der Waals surface area contributed by atoms with Crippen molar-refractivity contribution in [3.05, 3.63) is 23.8 Å². The van der Waals surface area contributed by atoms with E-state index in [1.54, 1.807) is 0 Å². The Morgan fingerprint density at radius 3 is 2.53 bits per heavy atom. The summed E-state index contributed by atoms with van der Waals surface area (Å²) in [6.45, 7) is 0. The minimum absolute atomic E-state index is 0.186. The van der Waals surface area contributed by atoms with Crippen LogP contribution >= 0.6 is 0 Å². The van der Waals surface area contributed by atoms with Gasteiger partial charge in [-0.05, 0) is 31.0 Å². The molecule has 0 spiro atoms. The van der Waals surface area contributed by atoms with Gasteiger partial charge in [-0.1, -0.05) is 6.42 Å². The summed E-state index contributed by atoms with van der Waals surface area (Å²) < 4.78 is 0. The maximum atomic E-state index is 11.9. The normalized spacial score (nSPS) is 22.1. The molecule has 1 aliphatic rings. The van der Waals surface area contributed by atoms with Crippen LogP contribution in [0.4, 0.5) is 0 Å².